The number of carbonyl (C=O) groups is 1. The van der Waals surface area contributed by atoms with Crippen molar-refractivity contribution in [2.75, 3.05) is 19.0 Å². The van der Waals surface area contributed by atoms with Crippen molar-refractivity contribution in [3.8, 4) is 5.75 Å². The minimum absolute atomic E-state index is 0.165. The molecule has 1 aliphatic rings. The zero-order valence-corrected chi connectivity index (χ0v) is 17.3. The number of amides is 1. The van der Waals surface area contributed by atoms with E-state index in [0.29, 0.717) is 29.6 Å². The molecule has 29 heavy (non-hydrogen) atoms. The fraction of sp³-hybridized carbons (Fsp3) is 0.278. The van der Waals surface area contributed by atoms with Crippen LogP contribution in [0.3, 0.4) is 0 Å². The van der Waals surface area contributed by atoms with E-state index in [1.54, 1.807) is 25.1 Å². The third-order valence-electron chi connectivity index (χ3n) is 4.46. The standard InChI is InChI=1S/C18H18N4O5S2/c1-11-8-15(21-27-11)17(23)20-18-19-14-6-7-22(10-16(14)28-18)29(24,25)13-5-3-4-12(9-13)26-2/h3-5,8-9H,6-7,10H2,1-2H3,(H,19,20,23). The summed E-state index contributed by atoms with van der Waals surface area (Å²) < 4.78 is 37.5. The van der Waals surface area contributed by atoms with Gasteiger partial charge in [0, 0.05) is 30.0 Å². The SMILES string of the molecule is COc1cccc(S(=O)(=O)N2CCc3nc(NC(=O)c4cc(C)on4)sc3C2)c1. The van der Waals surface area contributed by atoms with Gasteiger partial charge in [-0.1, -0.05) is 11.2 Å². The predicted molar refractivity (Wildman–Crippen MR) is 106 cm³/mol. The number of nitrogens with one attached hydrogen (secondary N) is 1. The maximum absolute atomic E-state index is 13.0. The summed E-state index contributed by atoms with van der Waals surface area (Å²) in [4.78, 5) is 17.6. The molecule has 0 spiro atoms. The van der Waals surface area contributed by atoms with Gasteiger partial charge in [-0.3, -0.25) is 10.1 Å². The van der Waals surface area contributed by atoms with Crippen LogP contribution in [0.2, 0.25) is 0 Å². The highest BCUT2D eigenvalue weighted by Gasteiger charge is 2.31. The average molecular weight is 434 g/mol. The molecule has 0 atom stereocenters. The summed E-state index contributed by atoms with van der Waals surface area (Å²) in [5.41, 5.74) is 0.955. The van der Waals surface area contributed by atoms with Gasteiger partial charge in [-0.05, 0) is 19.1 Å². The summed E-state index contributed by atoms with van der Waals surface area (Å²) in [6, 6.07) is 7.93. The number of rotatable bonds is 5. The minimum atomic E-state index is -3.67. The van der Waals surface area contributed by atoms with Gasteiger partial charge in [0.1, 0.15) is 11.5 Å². The number of fused-ring (bicyclic) bond motifs is 1. The molecule has 9 nitrogen and oxygen atoms in total. The molecular weight excluding hydrogens is 416 g/mol. The van der Waals surface area contributed by atoms with Gasteiger partial charge in [0.15, 0.2) is 10.8 Å². The van der Waals surface area contributed by atoms with Gasteiger partial charge in [-0.15, -0.1) is 11.3 Å². The van der Waals surface area contributed by atoms with Crippen LogP contribution >= 0.6 is 11.3 Å². The quantitative estimate of drug-likeness (QED) is 0.656. The first kappa shape index (κ1) is 19.6. The van der Waals surface area contributed by atoms with Crippen LogP contribution in [0, 0.1) is 6.92 Å². The van der Waals surface area contributed by atoms with E-state index in [-0.39, 0.29) is 17.1 Å². The van der Waals surface area contributed by atoms with Crippen LogP contribution in [-0.4, -0.2) is 42.4 Å². The molecule has 4 rings (SSSR count). The molecule has 0 aliphatic carbocycles. The van der Waals surface area contributed by atoms with Crippen LogP contribution in [0.1, 0.15) is 26.8 Å². The van der Waals surface area contributed by atoms with E-state index < -0.39 is 15.9 Å². The van der Waals surface area contributed by atoms with E-state index in [1.807, 2.05) is 0 Å². The number of aryl methyl sites for hydroxylation is 1. The van der Waals surface area contributed by atoms with E-state index in [2.05, 4.69) is 15.5 Å². The molecule has 1 aromatic carbocycles. The molecule has 3 heterocycles. The summed E-state index contributed by atoms with van der Waals surface area (Å²) in [5.74, 6) is 0.593. The third kappa shape index (κ3) is 3.88. The molecule has 152 valence electrons. The van der Waals surface area contributed by atoms with Crippen molar-refractivity contribution < 1.29 is 22.5 Å². The van der Waals surface area contributed by atoms with Crippen LogP contribution in [0.4, 0.5) is 5.13 Å². The van der Waals surface area contributed by atoms with Crippen molar-refractivity contribution in [1.82, 2.24) is 14.4 Å². The smallest absolute Gasteiger partial charge is 0.279 e. The lowest BCUT2D eigenvalue weighted by atomic mass is 10.2. The molecule has 1 aliphatic heterocycles. The zero-order valence-electron chi connectivity index (χ0n) is 15.7. The largest absolute Gasteiger partial charge is 0.497 e. The van der Waals surface area contributed by atoms with Crippen molar-refractivity contribution in [1.29, 1.82) is 0 Å². The van der Waals surface area contributed by atoms with Crippen molar-refractivity contribution in [2.45, 2.75) is 24.8 Å². The molecular formula is C18H18N4O5S2. The average Bonchev–Trinajstić information content (AvgIpc) is 3.32. The first-order valence-electron chi connectivity index (χ1n) is 8.74. The second-order valence-corrected chi connectivity index (χ2v) is 9.45. The number of nitrogens with zero attached hydrogens (tertiary/aromatic N) is 3. The highest BCUT2D eigenvalue weighted by molar-refractivity contribution is 7.89. The van der Waals surface area contributed by atoms with E-state index in [4.69, 9.17) is 9.26 Å². The summed E-state index contributed by atoms with van der Waals surface area (Å²) in [6.45, 7) is 2.21. The maximum Gasteiger partial charge on any atom is 0.279 e. The molecule has 0 unspecified atom stereocenters. The fourth-order valence-electron chi connectivity index (χ4n) is 2.98. The first-order valence-corrected chi connectivity index (χ1v) is 11.0. The Bertz CT molecular complexity index is 1170. The number of thiazole rings is 1. The Balaban J connectivity index is 1.52. The topological polar surface area (TPSA) is 115 Å². The molecule has 0 radical (unpaired) electrons. The summed E-state index contributed by atoms with van der Waals surface area (Å²) >= 11 is 1.26. The van der Waals surface area contributed by atoms with E-state index in [1.165, 1.54) is 34.9 Å². The zero-order chi connectivity index (χ0) is 20.6. The molecule has 0 fully saturated rings. The Kier molecular flexibility index (Phi) is 5.11. The molecule has 11 heteroatoms. The lowest BCUT2D eigenvalue weighted by molar-refractivity contribution is 0.101. The van der Waals surface area contributed by atoms with Gasteiger partial charge < -0.3 is 9.26 Å². The van der Waals surface area contributed by atoms with E-state index >= 15 is 0 Å². The number of carbonyl (C=O) groups excluding carboxylic acids is 1. The van der Waals surface area contributed by atoms with E-state index in [0.717, 1.165) is 10.6 Å². The number of benzene rings is 1. The summed E-state index contributed by atoms with van der Waals surface area (Å²) in [7, 11) is -2.18. The Labute approximate surface area is 171 Å². The third-order valence-corrected chi connectivity index (χ3v) is 7.30. The predicted octanol–water partition coefficient (Wildman–Crippen LogP) is 2.45. The highest BCUT2D eigenvalue weighted by atomic mass is 32.2. The lowest BCUT2D eigenvalue weighted by Crippen LogP contribution is -2.35. The number of methoxy groups -OCH3 is 1. The van der Waals surface area contributed by atoms with Gasteiger partial charge >= 0.3 is 0 Å². The number of hydrogen-bond acceptors (Lipinski definition) is 8. The fourth-order valence-corrected chi connectivity index (χ4v) is 5.52. The Morgan fingerprint density at radius 3 is 2.90 bits per heavy atom. The van der Waals surface area contributed by atoms with Crippen molar-refractivity contribution in [2.24, 2.45) is 0 Å². The molecule has 1 N–H and O–H groups in total. The number of ether oxygens (including phenoxy) is 1. The van der Waals surface area contributed by atoms with Gasteiger partial charge in [0.2, 0.25) is 10.0 Å². The van der Waals surface area contributed by atoms with Gasteiger partial charge in [-0.25, -0.2) is 13.4 Å². The van der Waals surface area contributed by atoms with Crippen molar-refractivity contribution in [3.63, 3.8) is 0 Å². The number of anilines is 1. The van der Waals surface area contributed by atoms with Gasteiger partial charge in [0.25, 0.3) is 5.91 Å². The first-order chi connectivity index (χ1) is 13.9. The van der Waals surface area contributed by atoms with Crippen LogP contribution in [-0.2, 0) is 23.0 Å². The lowest BCUT2D eigenvalue weighted by Gasteiger charge is -2.25. The highest BCUT2D eigenvalue weighted by Crippen LogP contribution is 2.32. The van der Waals surface area contributed by atoms with Crippen LogP contribution < -0.4 is 10.1 Å². The summed E-state index contributed by atoms with van der Waals surface area (Å²) in [6.07, 6.45) is 0.466. The summed E-state index contributed by atoms with van der Waals surface area (Å²) in [5, 5.41) is 6.77. The minimum Gasteiger partial charge on any atom is -0.497 e. The molecule has 3 aromatic rings. The van der Waals surface area contributed by atoms with Crippen molar-refractivity contribution in [3.05, 3.63) is 52.4 Å². The van der Waals surface area contributed by atoms with Crippen molar-refractivity contribution >= 4 is 32.4 Å². The second kappa shape index (κ2) is 7.58. The molecule has 0 bridgehead atoms. The number of sulfonamides is 1. The monoisotopic (exact) mass is 434 g/mol. The van der Waals surface area contributed by atoms with Crippen LogP contribution in [0.25, 0.3) is 0 Å². The van der Waals surface area contributed by atoms with E-state index in [9.17, 15) is 13.2 Å². The molecule has 0 saturated carbocycles. The number of aromatic nitrogens is 2. The Hall–Kier alpha value is -2.76. The Morgan fingerprint density at radius 1 is 1.34 bits per heavy atom. The molecule has 0 saturated heterocycles. The second-order valence-electron chi connectivity index (χ2n) is 6.43. The number of hydrogen-bond donors (Lipinski definition) is 1. The molecule has 2 aromatic heterocycles. The van der Waals surface area contributed by atoms with Gasteiger partial charge in [-0.2, -0.15) is 4.31 Å². The normalized spacial score (nSPS) is 14.4. The molecule has 1 amide bonds. The van der Waals surface area contributed by atoms with Crippen LogP contribution in [0.5, 0.6) is 5.75 Å². The van der Waals surface area contributed by atoms with Crippen LogP contribution in [0.15, 0.2) is 39.8 Å². The Morgan fingerprint density at radius 2 is 2.17 bits per heavy atom. The maximum atomic E-state index is 13.0. The van der Waals surface area contributed by atoms with Gasteiger partial charge in [0.05, 0.1) is 24.2 Å².